The van der Waals surface area contributed by atoms with Crippen LogP contribution in [0.2, 0.25) is 0 Å². The third-order valence-corrected chi connectivity index (χ3v) is 4.48. The first-order valence-corrected chi connectivity index (χ1v) is 8.92. The summed E-state index contributed by atoms with van der Waals surface area (Å²) in [5.41, 5.74) is 9.87. The molecule has 1 saturated heterocycles. The number of hydrazine groups is 1. The Balaban J connectivity index is 1.38. The minimum atomic E-state index is 0.241. The summed E-state index contributed by atoms with van der Waals surface area (Å²) in [6.45, 7) is 6.85. The van der Waals surface area contributed by atoms with Gasteiger partial charge in [0.1, 0.15) is 6.33 Å². The fraction of sp³-hybridized carbons (Fsp3) is 0.474. The molecule has 6 nitrogen and oxygen atoms in total. The zero-order valence-corrected chi connectivity index (χ0v) is 14.9. The highest BCUT2D eigenvalue weighted by Crippen LogP contribution is 2.18. The number of nitrogens with one attached hydrogen (secondary N) is 3. The molecule has 1 aliphatic rings. The van der Waals surface area contributed by atoms with Gasteiger partial charge in [0, 0.05) is 43.2 Å². The van der Waals surface area contributed by atoms with Crippen molar-refractivity contribution in [2.45, 2.75) is 45.0 Å². The Morgan fingerprint density at radius 3 is 2.60 bits per heavy atom. The van der Waals surface area contributed by atoms with Crippen molar-refractivity contribution in [3.05, 3.63) is 48.5 Å². The van der Waals surface area contributed by atoms with Crippen molar-refractivity contribution < 1.29 is 4.74 Å². The van der Waals surface area contributed by atoms with Gasteiger partial charge in [-0.25, -0.2) is 9.97 Å². The van der Waals surface area contributed by atoms with E-state index in [1.165, 1.54) is 5.56 Å². The normalized spacial score (nSPS) is 23.0. The molecule has 0 bridgehead atoms. The lowest BCUT2D eigenvalue weighted by molar-refractivity contribution is 0.0382. The van der Waals surface area contributed by atoms with Gasteiger partial charge in [-0.1, -0.05) is 18.2 Å². The summed E-state index contributed by atoms with van der Waals surface area (Å²) in [5, 5.41) is 3.49. The van der Waals surface area contributed by atoms with Crippen LogP contribution in [0, 0.1) is 0 Å². The molecule has 1 fully saturated rings. The lowest BCUT2D eigenvalue weighted by Gasteiger charge is -2.18. The van der Waals surface area contributed by atoms with Gasteiger partial charge in [0.15, 0.2) is 0 Å². The molecule has 6 heteroatoms. The minimum absolute atomic E-state index is 0.241. The predicted molar refractivity (Wildman–Crippen MR) is 98.7 cm³/mol. The number of benzene rings is 1. The van der Waals surface area contributed by atoms with E-state index in [9.17, 15) is 0 Å². The number of rotatable bonds is 8. The van der Waals surface area contributed by atoms with Crippen molar-refractivity contribution in [1.82, 2.24) is 26.1 Å². The van der Waals surface area contributed by atoms with E-state index in [4.69, 9.17) is 4.74 Å². The molecule has 0 spiro atoms. The van der Waals surface area contributed by atoms with Crippen LogP contribution in [0.15, 0.2) is 43.0 Å². The SMILES string of the molecule is CC1NNC(C)C1OCCCNCc1cccc(-c2cncnc2)c1. The molecule has 2 atom stereocenters. The van der Waals surface area contributed by atoms with Crippen molar-refractivity contribution in [1.29, 1.82) is 0 Å². The molecule has 25 heavy (non-hydrogen) atoms. The van der Waals surface area contributed by atoms with Gasteiger partial charge in [0.25, 0.3) is 0 Å². The predicted octanol–water partition coefficient (Wildman–Crippen LogP) is 1.89. The van der Waals surface area contributed by atoms with Crippen LogP contribution in [0.25, 0.3) is 11.1 Å². The summed E-state index contributed by atoms with van der Waals surface area (Å²) in [7, 11) is 0. The van der Waals surface area contributed by atoms with E-state index in [0.29, 0.717) is 12.1 Å². The molecule has 2 unspecified atom stereocenters. The van der Waals surface area contributed by atoms with Crippen molar-refractivity contribution in [3.8, 4) is 11.1 Å². The fourth-order valence-electron chi connectivity index (χ4n) is 3.11. The molecule has 3 N–H and O–H groups in total. The molecule has 0 radical (unpaired) electrons. The summed E-state index contributed by atoms with van der Waals surface area (Å²) in [4.78, 5) is 8.16. The van der Waals surface area contributed by atoms with Crippen LogP contribution in [0.5, 0.6) is 0 Å². The van der Waals surface area contributed by atoms with E-state index in [1.54, 1.807) is 6.33 Å². The molecule has 1 aromatic carbocycles. The standard InChI is InChI=1S/C19H27N5O/c1-14-19(15(2)24-23-14)25-8-4-7-20-10-16-5-3-6-17(9-16)18-11-21-13-22-12-18/h3,5-6,9,11-15,19-20,23-24H,4,7-8,10H2,1-2H3. The van der Waals surface area contributed by atoms with E-state index >= 15 is 0 Å². The van der Waals surface area contributed by atoms with E-state index in [-0.39, 0.29) is 6.10 Å². The molecule has 134 valence electrons. The molecule has 0 amide bonds. The monoisotopic (exact) mass is 341 g/mol. The van der Waals surface area contributed by atoms with E-state index in [0.717, 1.165) is 37.2 Å². The zero-order chi connectivity index (χ0) is 17.5. The van der Waals surface area contributed by atoms with Crippen LogP contribution in [0.1, 0.15) is 25.8 Å². The first-order chi connectivity index (χ1) is 12.2. The Kier molecular flexibility index (Phi) is 6.47. The van der Waals surface area contributed by atoms with Gasteiger partial charge in [-0.3, -0.25) is 10.9 Å². The second-order valence-electron chi connectivity index (χ2n) is 6.56. The van der Waals surface area contributed by atoms with Crippen LogP contribution in [0.4, 0.5) is 0 Å². The molecular formula is C19H27N5O. The van der Waals surface area contributed by atoms with Crippen molar-refractivity contribution in [2.24, 2.45) is 0 Å². The number of aromatic nitrogens is 2. The Morgan fingerprint density at radius 1 is 1.08 bits per heavy atom. The molecule has 1 aliphatic heterocycles. The van der Waals surface area contributed by atoms with Crippen molar-refractivity contribution >= 4 is 0 Å². The first-order valence-electron chi connectivity index (χ1n) is 8.92. The number of ether oxygens (including phenoxy) is 1. The molecule has 2 heterocycles. The summed E-state index contributed by atoms with van der Waals surface area (Å²) in [6.07, 6.45) is 6.47. The Bertz CT molecular complexity index is 641. The van der Waals surface area contributed by atoms with Gasteiger partial charge < -0.3 is 10.1 Å². The Morgan fingerprint density at radius 2 is 1.84 bits per heavy atom. The summed E-state index contributed by atoms with van der Waals surface area (Å²) in [5.74, 6) is 0. The maximum absolute atomic E-state index is 5.98. The van der Waals surface area contributed by atoms with Gasteiger partial charge in [-0.2, -0.15) is 0 Å². The number of hydrogen-bond donors (Lipinski definition) is 3. The second-order valence-corrected chi connectivity index (χ2v) is 6.56. The first kappa shape index (κ1) is 17.9. The minimum Gasteiger partial charge on any atom is -0.375 e. The number of hydrogen-bond acceptors (Lipinski definition) is 6. The average Bonchev–Trinajstić information content (AvgIpc) is 2.97. The Labute approximate surface area is 149 Å². The Hall–Kier alpha value is -1.86. The lowest BCUT2D eigenvalue weighted by Crippen LogP contribution is -2.33. The molecule has 1 aromatic heterocycles. The van der Waals surface area contributed by atoms with Crippen molar-refractivity contribution in [3.63, 3.8) is 0 Å². The van der Waals surface area contributed by atoms with Gasteiger partial charge >= 0.3 is 0 Å². The zero-order valence-electron chi connectivity index (χ0n) is 14.9. The van der Waals surface area contributed by atoms with E-state index < -0.39 is 0 Å². The second kappa shape index (κ2) is 9.01. The third-order valence-electron chi connectivity index (χ3n) is 4.48. The third kappa shape index (κ3) is 5.06. The van der Waals surface area contributed by atoms with Crippen LogP contribution in [-0.2, 0) is 11.3 Å². The number of nitrogens with zero attached hydrogens (tertiary/aromatic N) is 2. The highest BCUT2D eigenvalue weighted by atomic mass is 16.5. The van der Waals surface area contributed by atoms with Crippen LogP contribution < -0.4 is 16.2 Å². The van der Waals surface area contributed by atoms with Gasteiger partial charge in [0.2, 0.25) is 0 Å². The largest absolute Gasteiger partial charge is 0.375 e. The molecular weight excluding hydrogens is 314 g/mol. The topological polar surface area (TPSA) is 71.1 Å². The van der Waals surface area contributed by atoms with Gasteiger partial charge in [-0.15, -0.1) is 0 Å². The maximum atomic E-state index is 5.98. The lowest BCUT2D eigenvalue weighted by atomic mass is 10.1. The van der Waals surface area contributed by atoms with E-state index in [2.05, 4.69) is 64.2 Å². The van der Waals surface area contributed by atoms with E-state index in [1.807, 2.05) is 12.4 Å². The maximum Gasteiger partial charge on any atom is 0.115 e. The molecule has 0 saturated carbocycles. The molecule has 2 aromatic rings. The molecule has 3 rings (SSSR count). The summed E-state index contributed by atoms with van der Waals surface area (Å²) in [6, 6.07) is 9.19. The van der Waals surface area contributed by atoms with Crippen molar-refractivity contribution in [2.75, 3.05) is 13.2 Å². The average molecular weight is 341 g/mol. The van der Waals surface area contributed by atoms with Gasteiger partial charge in [0.05, 0.1) is 6.10 Å². The summed E-state index contributed by atoms with van der Waals surface area (Å²) >= 11 is 0. The van der Waals surface area contributed by atoms with Gasteiger partial charge in [-0.05, 0) is 44.0 Å². The van der Waals surface area contributed by atoms with Crippen LogP contribution in [-0.4, -0.2) is 41.3 Å². The quantitative estimate of drug-likeness (QED) is 0.637. The highest BCUT2D eigenvalue weighted by Gasteiger charge is 2.30. The van der Waals surface area contributed by atoms with Crippen LogP contribution in [0.3, 0.4) is 0 Å². The van der Waals surface area contributed by atoms with Crippen LogP contribution >= 0.6 is 0 Å². The smallest absolute Gasteiger partial charge is 0.115 e. The fourth-order valence-corrected chi connectivity index (χ4v) is 3.11. The highest BCUT2D eigenvalue weighted by molar-refractivity contribution is 5.62. The molecule has 0 aliphatic carbocycles. The summed E-state index contributed by atoms with van der Waals surface area (Å²) < 4.78 is 5.98.